The van der Waals surface area contributed by atoms with Gasteiger partial charge in [0.15, 0.2) is 5.82 Å². The molecule has 0 amide bonds. The Morgan fingerprint density at radius 1 is 1.20 bits per heavy atom. The van der Waals surface area contributed by atoms with Crippen LogP contribution in [0.25, 0.3) is 10.9 Å². The minimum Gasteiger partial charge on any atom is -0.348 e. The summed E-state index contributed by atoms with van der Waals surface area (Å²) in [4.78, 5) is 12.0. The van der Waals surface area contributed by atoms with Crippen LogP contribution in [-0.2, 0) is 13.0 Å². The molecule has 0 bridgehead atoms. The number of hydrogen-bond donors (Lipinski definition) is 0. The minimum absolute atomic E-state index is 0.219. The van der Waals surface area contributed by atoms with Crippen LogP contribution < -0.4 is 4.90 Å². The number of pyridine rings is 1. The number of thiazole rings is 1. The molecule has 1 unspecified atom stereocenters. The lowest BCUT2D eigenvalue weighted by Crippen LogP contribution is -2.35. The highest BCUT2D eigenvalue weighted by molar-refractivity contribution is 7.09. The number of halogens is 1. The number of hydrogen-bond acceptors (Lipinski definition) is 4. The van der Waals surface area contributed by atoms with Gasteiger partial charge in [-0.1, -0.05) is 17.7 Å². The fourth-order valence-electron chi connectivity index (χ4n) is 4.70. The number of anilines is 1. The summed E-state index contributed by atoms with van der Waals surface area (Å²) in [5, 5.41) is 5.33. The number of benzene rings is 1. The molecule has 1 aromatic carbocycles. The van der Waals surface area contributed by atoms with Gasteiger partial charge in [-0.3, -0.25) is 0 Å². The van der Waals surface area contributed by atoms with Crippen molar-refractivity contribution >= 4 is 39.7 Å². The van der Waals surface area contributed by atoms with Crippen molar-refractivity contribution in [2.45, 2.75) is 46.7 Å². The molecule has 0 radical (unpaired) electrons. The Bertz CT molecular complexity index is 1260. The Hall–Kier alpha value is -2.37. The molecule has 6 heteroatoms. The number of rotatable bonds is 3. The average Bonchev–Trinajstić information content (AvgIpc) is 3.25. The maximum atomic E-state index is 6.33. The Balaban J connectivity index is 1.66. The summed E-state index contributed by atoms with van der Waals surface area (Å²) < 4.78 is 2.39. The lowest BCUT2D eigenvalue weighted by Gasteiger charge is -2.36. The third-order valence-electron chi connectivity index (χ3n) is 6.43. The second-order valence-corrected chi connectivity index (χ2v) is 9.65. The first-order chi connectivity index (χ1) is 14.4. The normalized spacial score (nSPS) is 16.3. The average molecular weight is 437 g/mol. The van der Waals surface area contributed by atoms with Crippen molar-refractivity contribution in [3.05, 3.63) is 74.0 Å². The van der Waals surface area contributed by atoms with E-state index in [4.69, 9.17) is 21.6 Å². The summed E-state index contributed by atoms with van der Waals surface area (Å²) in [6.45, 7) is 10.4. The van der Waals surface area contributed by atoms with Gasteiger partial charge in [-0.2, -0.15) is 0 Å². The van der Waals surface area contributed by atoms with Gasteiger partial charge in [0.05, 0.1) is 28.8 Å². The summed E-state index contributed by atoms with van der Waals surface area (Å²) >= 11 is 8.03. The zero-order valence-electron chi connectivity index (χ0n) is 17.7. The quantitative estimate of drug-likeness (QED) is 0.381. The molecule has 4 aromatic rings. The topological polar surface area (TPSA) is 34.0 Å². The lowest BCUT2D eigenvalue weighted by atomic mass is 9.93. The maximum Gasteiger partial charge on any atom is 0.153 e. The molecular weight excluding hydrogens is 412 g/mol. The van der Waals surface area contributed by atoms with Gasteiger partial charge in [0, 0.05) is 34.2 Å². The summed E-state index contributed by atoms with van der Waals surface area (Å²) in [6, 6.07) is 8.64. The van der Waals surface area contributed by atoms with E-state index in [-0.39, 0.29) is 6.04 Å². The monoisotopic (exact) mass is 436 g/mol. The van der Waals surface area contributed by atoms with Crippen molar-refractivity contribution in [3.8, 4) is 0 Å². The van der Waals surface area contributed by atoms with Crippen molar-refractivity contribution in [1.82, 2.24) is 14.5 Å². The molecule has 30 heavy (non-hydrogen) atoms. The van der Waals surface area contributed by atoms with Gasteiger partial charge < -0.3 is 9.47 Å². The highest BCUT2D eigenvalue weighted by Crippen LogP contribution is 2.39. The molecule has 154 valence electrons. The molecule has 5 rings (SSSR count). The largest absolute Gasteiger partial charge is 0.348 e. The maximum absolute atomic E-state index is 6.33. The van der Waals surface area contributed by atoms with E-state index < -0.39 is 0 Å². The molecule has 3 aromatic heterocycles. The van der Waals surface area contributed by atoms with E-state index in [0.717, 1.165) is 41.1 Å². The Morgan fingerprint density at radius 3 is 2.80 bits per heavy atom. The van der Waals surface area contributed by atoms with E-state index in [1.807, 2.05) is 12.3 Å². The molecule has 0 saturated heterocycles. The molecule has 4 nitrogen and oxygen atoms in total. The molecule has 1 atom stereocenters. The summed E-state index contributed by atoms with van der Waals surface area (Å²) in [5.41, 5.74) is 7.59. The molecule has 1 aliphatic heterocycles. The highest BCUT2D eigenvalue weighted by atomic mass is 35.5. The zero-order chi connectivity index (χ0) is 21.0. The van der Waals surface area contributed by atoms with Gasteiger partial charge in [-0.25, -0.2) is 9.97 Å². The van der Waals surface area contributed by atoms with Crippen molar-refractivity contribution < 1.29 is 0 Å². The van der Waals surface area contributed by atoms with Gasteiger partial charge in [-0.15, -0.1) is 11.3 Å². The molecular formula is C24H25ClN4S. The Labute approximate surface area is 186 Å². The number of aromatic nitrogens is 3. The summed E-state index contributed by atoms with van der Waals surface area (Å²) in [7, 11) is 0. The summed E-state index contributed by atoms with van der Waals surface area (Å²) in [6.07, 6.45) is 2.94. The van der Waals surface area contributed by atoms with Crippen LogP contribution in [-0.4, -0.2) is 21.1 Å². The standard InChI is InChI=1S/C24H25ClN4S/c1-14-15(2)29(12-20-13-30-17(4)27-20)23-21(14)7-9-26-24(23)28-10-8-18-5-6-19(25)11-22(18)16(28)3/h5-7,9,11,13,16H,8,10,12H2,1-4H3. The fourth-order valence-corrected chi connectivity index (χ4v) is 5.49. The van der Waals surface area contributed by atoms with Gasteiger partial charge >= 0.3 is 0 Å². The predicted molar refractivity (Wildman–Crippen MR) is 126 cm³/mol. The van der Waals surface area contributed by atoms with Gasteiger partial charge in [0.2, 0.25) is 0 Å². The first kappa shape index (κ1) is 19.6. The predicted octanol–water partition coefficient (Wildman–Crippen LogP) is 6.24. The lowest BCUT2D eigenvalue weighted by molar-refractivity contribution is 0.617. The van der Waals surface area contributed by atoms with Gasteiger partial charge in [-0.05, 0) is 69.0 Å². The van der Waals surface area contributed by atoms with E-state index in [1.165, 1.54) is 33.3 Å². The first-order valence-electron chi connectivity index (χ1n) is 10.3. The van der Waals surface area contributed by atoms with Crippen molar-refractivity contribution in [3.63, 3.8) is 0 Å². The van der Waals surface area contributed by atoms with E-state index in [0.29, 0.717) is 0 Å². The van der Waals surface area contributed by atoms with Crippen molar-refractivity contribution in [1.29, 1.82) is 0 Å². The second-order valence-electron chi connectivity index (χ2n) is 8.15. The third-order valence-corrected chi connectivity index (χ3v) is 7.49. The fraction of sp³-hybridized carbons (Fsp3) is 0.333. The van der Waals surface area contributed by atoms with Crippen LogP contribution in [0.5, 0.6) is 0 Å². The van der Waals surface area contributed by atoms with Gasteiger partial charge in [0.25, 0.3) is 0 Å². The minimum atomic E-state index is 0.219. The van der Waals surface area contributed by atoms with Crippen LogP contribution in [0, 0.1) is 20.8 Å². The van der Waals surface area contributed by atoms with Crippen LogP contribution in [0.3, 0.4) is 0 Å². The van der Waals surface area contributed by atoms with Crippen LogP contribution >= 0.6 is 22.9 Å². The van der Waals surface area contributed by atoms with Crippen LogP contribution in [0.2, 0.25) is 5.02 Å². The Kier molecular flexibility index (Phi) is 4.83. The van der Waals surface area contributed by atoms with Crippen LogP contribution in [0.1, 0.15) is 46.1 Å². The second kappa shape index (κ2) is 7.40. The van der Waals surface area contributed by atoms with E-state index in [9.17, 15) is 0 Å². The molecule has 0 aliphatic carbocycles. The van der Waals surface area contributed by atoms with E-state index >= 15 is 0 Å². The van der Waals surface area contributed by atoms with Crippen LogP contribution in [0.4, 0.5) is 5.82 Å². The molecule has 0 spiro atoms. The molecule has 1 aliphatic rings. The number of aryl methyl sites for hydroxylation is 2. The molecule has 0 N–H and O–H groups in total. The highest BCUT2D eigenvalue weighted by Gasteiger charge is 2.28. The SMILES string of the molecule is Cc1nc(Cn2c(C)c(C)c3ccnc(N4CCc5ccc(Cl)cc5C4C)c32)cs1. The van der Waals surface area contributed by atoms with Crippen molar-refractivity contribution in [2.75, 3.05) is 11.4 Å². The molecule has 0 saturated carbocycles. The van der Waals surface area contributed by atoms with E-state index in [2.05, 4.69) is 60.7 Å². The molecule has 0 fully saturated rings. The third kappa shape index (κ3) is 3.12. The van der Waals surface area contributed by atoms with Crippen molar-refractivity contribution in [2.24, 2.45) is 0 Å². The zero-order valence-corrected chi connectivity index (χ0v) is 19.3. The first-order valence-corrected chi connectivity index (χ1v) is 11.6. The number of nitrogens with zero attached hydrogens (tertiary/aromatic N) is 4. The van der Waals surface area contributed by atoms with Gasteiger partial charge in [0.1, 0.15) is 0 Å². The number of fused-ring (bicyclic) bond motifs is 2. The molecule has 4 heterocycles. The Morgan fingerprint density at radius 2 is 2.03 bits per heavy atom. The smallest absolute Gasteiger partial charge is 0.153 e. The summed E-state index contributed by atoms with van der Waals surface area (Å²) in [5.74, 6) is 1.05. The van der Waals surface area contributed by atoms with Crippen LogP contribution in [0.15, 0.2) is 35.8 Å². The van der Waals surface area contributed by atoms with E-state index in [1.54, 1.807) is 11.3 Å².